The van der Waals surface area contributed by atoms with Crippen LogP contribution in [0.5, 0.6) is 11.5 Å². The van der Waals surface area contributed by atoms with Crippen molar-refractivity contribution in [2.45, 2.75) is 6.92 Å². The van der Waals surface area contributed by atoms with E-state index >= 15 is 0 Å². The zero-order chi connectivity index (χ0) is 15.7. The summed E-state index contributed by atoms with van der Waals surface area (Å²) in [5.41, 5.74) is 3.09. The Balaban J connectivity index is 2.11. The Hall–Kier alpha value is -2.75. The predicted octanol–water partition coefficient (Wildman–Crippen LogP) is 3.72. The van der Waals surface area contributed by atoms with Crippen LogP contribution in [0, 0.1) is 6.92 Å². The molecule has 4 heteroatoms. The topological polar surface area (TPSA) is 51.3 Å². The van der Waals surface area contributed by atoms with Gasteiger partial charge in [0.1, 0.15) is 11.5 Å². The number of hydrogen-bond acceptors (Lipinski definition) is 3. The van der Waals surface area contributed by atoms with E-state index < -0.39 is 0 Å². The lowest BCUT2D eigenvalue weighted by atomic mass is 10.0. The Kier molecular flexibility index (Phi) is 3.59. The van der Waals surface area contributed by atoms with E-state index in [0.29, 0.717) is 11.1 Å². The van der Waals surface area contributed by atoms with Crippen LogP contribution in [0.3, 0.4) is 0 Å². The molecule has 0 saturated heterocycles. The zero-order valence-electron chi connectivity index (χ0n) is 12.8. The summed E-state index contributed by atoms with van der Waals surface area (Å²) in [7, 11) is 3.22. The summed E-state index contributed by atoms with van der Waals surface area (Å²) in [4.78, 5) is 16.1. The smallest absolute Gasteiger partial charge is 0.195 e. The first kappa shape index (κ1) is 14.2. The summed E-state index contributed by atoms with van der Waals surface area (Å²) in [5, 5.41) is 0.873. The Morgan fingerprint density at radius 3 is 2.23 bits per heavy atom. The lowest BCUT2D eigenvalue weighted by Crippen LogP contribution is -2.02. The Morgan fingerprint density at radius 1 is 0.955 bits per heavy atom. The number of aromatic amines is 1. The number of benzene rings is 2. The molecule has 0 saturated carbocycles. The standard InChI is InChI=1S/C18H17NO3/c1-11-17(15-10-14(22-3)8-9-16(15)19-11)18(20)12-4-6-13(21-2)7-5-12/h4-10,19H,1-3H3. The second-order valence-corrected chi connectivity index (χ2v) is 5.09. The number of aryl methyl sites for hydroxylation is 1. The third kappa shape index (κ3) is 2.33. The molecule has 0 spiro atoms. The fourth-order valence-electron chi connectivity index (χ4n) is 2.61. The number of ether oxygens (including phenoxy) is 2. The molecule has 0 amide bonds. The largest absolute Gasteiger partial charge is 0.497 e. The average Bonchev–Trinajstić information content (AvgIpc) is 2.89. The third-order valence-corrected chi connectivity index (χ3v) is 3.77. The third-order valence-electron chi connectivity index (χ3n) is 3.77. The highest BCUT2D eigenvalue weighted by Gasteiger charge is 2.18. The molecule has 0 aliphatic heterocycles. The first-order chi connectivity index (χ1) is 10.6. The summed E-state index contributed by atoms with van der Waals surface area (Å²) >= 11 is 0. The van der Waals surface area contributed by atoms with Crippen molar-refractivity contribution in [3.8, 4) is 11.5 Å². The minimum Gasteiger partial charge on any atom is -0.497 e. The van der Waals surface area contributed by atoms with Crippen LogP contribution in [-0.2, 0) is 0 Å². The molecule has 4 nitrogen and oxygen atoms in total. The van der Waals surface area contributed by atoms with Crippen LogP contribution in [0.2, 0.25) is 0 Å². The Bertz CT molecular complexity index is 831. The van der Waals surface area contributed by atoms with Gasteiger partial charge in [-0.1, -0.05) is 0 Å². The van der Waals surface area contributed by atoms with Crippen LogP contribution < -0.4 is 9.47 Å². The van der Waals surface area contributed by atoms with Gasteiger partial charge in [-0.05, 0) is 49.4 Å². The van der Waals surface area contributed by atoms with Crippen LogP contribution in [0.1, 0.15) is 21.6 Å². The van der Waals surface area contributed by atoms with Gasteiger partial charge in [-0.15, -0.1) is 0 Å². The quantitative estimate of drug-likeness (QED) is 0.746. The van der Waals surface area contributed by atoms with Gasteiger partial charge in [0.05, 0.1) is 19.8 Å². The molecule has 112 valence electrons. The van der Waals surface area contributed by atoms with E-state index in [9.17, 15) is 4.79 Å². The van der Waals surface area contributed by atoms with Gasteiger partial charge < -0.3 is 14.5 Å². The Labute approximate surface area is 128 Å². The van der Waals surface area contributed by atoms with Gasteiger partial charge in [-0.25, -0.2) is 0 Å². The number of hydrogen-bond donors (Lipinski definition) is 1. The highest BCUT2D eigenvalue weighted by atomic mass is 16.5. The molecule has 0 aliphatic rings. The lowest BCUT2D eigenvalue weighted by molar-refractivity contribution is 0.103. The van der Waals surface area contributed by atoms with E-state index in [1.54, 1.807) is 38.5 Å². The molecule has 3 rings (SSSR count). The van der Waals surface area contributed by atoms with E-state index in [1.165, 1.54) is 0 Å². The highest BCUT2D eigenvalue weighted by molar-refractivity contribution is 6.17. The fourth-order valence-corrected chi connectivity index (χ4v) is 2.61. The van der Waals surface area contributed by atoms with Crippen molar-refractivity contribution in [1.29, 1.82) is 0 Å². The maximum Gasteiger partial charge on any atom is 0.195 e. The van der Waals surface area contributed by atoms with Gasteiger partial charge >= 0.3 is 0 Å². The lowest BCUT2D eigenvalue weighted by Gasteiger charge is -2.04. The van der Waals surface area contributed by atoms with Crippen molar-refractivity contribution in [1.82, 2.24) is 4.98 Å². The maximum atomic E-state index is 12.8. The molecule has 0 unspecified atom stereocenters. The summed E-state index contributed by atoms with van der Waals surface area (Å²) in [6.07, 6.45) is 0. The van der Waals surface area contributed by atoms with Crippen LogP contribution in [-0.4, -0.2) is 25.0 Å². The zero-order valence-corrected chi connectivity index (χ0v) is 12.8. The molecule has 0 fully saturated rings. The molecule has 1 heterocycles. The molecule has 3 aromatic rings. The van der Waals surface area contributed by atoms with Gasteiger partial charge in [-0.2, -0.15) is 0 Å². The van der Waals surface area contributed by atoms with Crippen molar-refractivity contribution in [2.24, 2.45) is 0 Å². The van der Waals surface area contributed by atoms with Crippen LogP contribution in [0.15, 0.2) is 42.5 Å². The number of carbonyl (C=O) groups excluding carboxylic acids is 1. The number of nitrogens with one attached hydrogen (secondary N) is 1. The van der Waals surface area contributed by atoms with E-state index in [4.69, 9.17) is 9.47 Å². The number of fused-ring (bicyclic) bond motifs is 1. The van der Waals surface area contributed by atoms with Gasteiger partial charge in [0.2, 0.25) is 0 Å². The average molecular weight is 295 g/mol. The monoisotopic (exact) mass is 295 g/mol. The molecule has 0 radical (unpaired) electrons. The van der Waals surface area contributed by atoms with Crippen LogP contribution >= 0.6 is 0 Å². The predicted molar refractivity (Wildman–Crippen MR) is 86.0 cm³/mol. The Morgan fingerprint density at radius 2 is 1.59 bits per heavy atom. The number of methoxy groups -OCH3 is 2. The number of H-pyrrole nitrogens is 1. The SMILES string of the molecule is COc1ccc(C(=O)c2c(C)[nH]c3ccc(OC)cc23)cc1. The summed E-state index contributed by atoms with van der Waals surface area (Å²) in [6, 6.07) is 12.8. The van der Waals surface area contributed by atoms with Crippen molar-refractivity contribution in [3.63, 3.8) is 0 Å². The number of ketones is 1. The molecule has 1 N–H and O–H groups in total. The molecule has 22 heavy (non-hydrogen) atoms. The van der Waals surface area contributed by atoms with Crippen molar-refractivity contribution in [2.75, 3.05) is 14.2 Å². The molecular weight excluding hydrogens is 278 g/mol. The van der Waals surface area contributed by atoms with Crippen LogP contribution in [0.25, 0.3) is 10.9 Å². The van der Waals surface area contributed by atoms with E-state index in [0.717, 1.165) is 28.1 Å². The van der Waals surface area contributed by atoms with Crippen molar-refractivity contribution >= 4 is 16.7 Å². The summed E-state index contributed by atoms with van der Waals surface area (Å²) in [5.74, 6) is 1.45. The van der Waals surface area contributed by atoms with Crippen molar-refractivity contribution < 1.29 is 14.3 Å². The highest BCUT2D eigenvalue weighted by Crippen LogP contribution is 2.28. The fraction of sp³-hybridized carbons (Fsp3) is 0.167. The summed E-state index contributed by atoms with van der Waals surface area (Å²) in [6.45, 7) is 1.91. The first-order valence-corrected chi connectivity index (χ1v) is 6.99. The molecule has 1 aromatic heterocycles. The second-order valence-electron chi connectivity index (χ2n) is 5.09. The van der Waals surface area contributed by atoms with Crippen molar-refractivity contribution in [3.05, 3.63) is 59.3 Å². The summed E-state index contributed by atoms with van der Waals surface area (Å²) < 4.78 is 10.4. The molecule has 0 aliphatic carbocycles. The first-order valence-electron chi connectivity index (χ1n) is 6.99. The molecule has 2 aromatic carbocycles. The number of carbonyl (C=O) groups is 1. The molecule has 0 atom stereocenters. The van der Waals surface area contributed by atoms with E-state index in [-0.39, 0.29) is 5.78 Å². The molecular formula is C18H17NO3. The molecule has 0 bridgehead atoms. The van der Waals surface area contributed by atoms with Gasteiger partial charge in [0.15, 0.2) is 5.78 Å². The minimum absolute atomic E-state index is 0.0142. The maximum absolute atomic E-state index is 12.8. The minimum atomic E-state index is -0.0142. The number of rotatable bonds is 4. The van der Waals surface area contributed by atoms with E-state index in [1.807, 2.05) is 25.1 Å². The number of aromatic nitrogens is 1. The second kappa shape index (κ2) is 5.56. The van der Waals surface area contributed by atoms with Gasteiger partial charge in [0, 0.05) is 22.2 Å². The van der Waals surface area contributed by atoms with Crippen LogP contribution in [0.4, 0.5) is 0 Å². The van der Waals surface area contributed by atoms with E-state index in [2.05, 4.69) is 4.98 Å². The normalized spacial score (nSPS) is 10.7. The van der Waals surface area contributed by atoms with Gasteiger partial charge in [-0.3, -0.25) is 4.79 Å². The van der Waals surface area contributed by atoms with Gasteiger partial charge in [0.25, 0.3) is 0 Å².